The van der Waals surface area contributed by atoms with Gasteiger partial charge in [0, 0.05) is 39.3 Å². The Balaban J connectivity index is 2.40. The van der Waals surface area contributed by atoms with Gasteiger partial charge in [-0.15, -0.1) is 0 Å². The second kappa shape index (κ2) is 10.4. The molecule has 0 aromatic rings. The Kier molecular flexibility index (Phi) is 8.11. The number of cyclic esters (lactones) is 1. The highest BCUT2D eigenvalue weighted by molar-refractivity contribution is 5.85. The molecule has 0 aliphatic carbocycles. The molecule has 12 heteroatoms. The molecule has 0 unspecified atom stereocenters. The summed E-state index contributed by atoms with van der Waals surface area (Å²) in [6.45, 7) is 5.88. The molecule has 0 radical (unpaired) electrons. The first-order valence-electron chi connectivity index (χ1n) is 9.42. The van der Waals surface area contributed by atoms with Crippen LogP contribution in [-0.2, 0) is 52.4 Å². The molecular formula is C19H25NO11. The maximum absolute atomic E-state index is 11.8. The maximum Gasteiger partial charge on any atom is 0.333 e. The summed E-state index contributed by atoms with van der Waals surface area (Å²) in [7, 11) is 0. The molecule has 1 saturated heterocycles. The van der Waals surface area contributed by atoms with Gasteiger partial charge in [0.2, 0.25) is 12.2 Å². The highest BCUT2D eigenvalue weighted by Gasteiger charge is 2.52. The first-order valence-corrected chi connectivity index (χ1v) is 9.42. The molecule has 0 aromatic heterocycles. The Bertz CT molecular complexity index is 777. The van der Waals surface area contributed by atoms with Crippen LogP contribution in [-0.4, -0.2) is 73.3 Å². The SMILES string of the molecule is CC(=O)N[C@H]1[C@H](O[C@@H]2OC(=O)C=C2C)O[C@H](COC(C)=O)[C@@H](OC(C)=O)[C@@H]1OC(C)=O. The van der Waals surface area contributed by atoms with Crippen molar-refractivity contribution in [1.29, 1.82) is 0 Å². The molecule has 2 aliphatic heterocycles. The smallest absolute Gasteiger partial charge is 0.333 e. The zero-order chi connectivity index (χ0) is 23.3. The van der Waals surface area contributed by atoms with Crippen molar-refractivity contribution in [3.8, 4) is 0 Å². The molecule has 0 spiro atoms. The van der Waals surface area contributed by atoms with Crippen molar-refractivity contribution >= 4 is 29.8 Å². The van der Waals surface area contributed by atoms with Gasteiger partial charge in [0.1, 0.15) is 18.8 Å². The van der Waals surface area contributed by atoms with Crippen LogP contribution in [0.4, 0.5) is 0 Å². The lowest BCUT2D eigenvalue weighted by Crippen LogP contribution is -2.67. The van der Waals surface area contributed by atoms with Gasteiger partial charge in [-0.2, -0.15) is 0 Å². The minimum absolute atomic E-state index is 0.364. The summed E-state index contributed by atoms with van der Waals surface area (Å²) in [4.78, 5) is 58.1. The zero-order valence-corrected chi connectivity index (χ0v) is 17.7. The minimum Gasteiger partial charge on any atom is -0.463 e. The number of hydrogen-bond donors (Lipinski definition) is 1. The average Bonchev–Trinajstić information content (AvgIpc) is 2.94. The van der Waals surface area contributed by atoms with Crippen molar-refractivity contribution in [2.75, 3.05) is 6.61 Å². The van der Waals surface area contributed by atoms with E-state index < -0.39 is 66.7 Å². The van der Waals surface area contributed by atoms with Crippen molar-refractivity contribution < 1.29 is 52.4 Å². The molecule has 31 heavy (non-hydrogen) atoms. The molecule has 0 bridgehead atoms. The van der Waals surface area contributed by atoms with Gasteiger partial charge in [-0.1, -0.05) is 0 Å². The number of hydrogen-bond acceptors (Lipinski definition) is 11. The molecular weight excluding hydrogens is 418 g/mol. The second-order valence-corrected chi connectivity index (χ2v) is 7.01. The van der Waals surface area contributed by atoms with Gasteiger partial charge in [-0.25, -0.2) is 4.79 Å². The Morgan fingerprint density at radius 1 is 1.00 bits per heavy atom. The van der Waals surface area contributed by atoms with Gasteiger partial charge in [0.25, 0.3) is 0 Å². The molecule has 0 aromatic carbocycles. The number of carbonyl (C=O) groups is 5. The molecule has 6 atom stereocenters. The van der Waals surface area contributed by atoms with E-state index in [-0.39, 0.29) is 6.61 Å². The summed E-state index contributed by atoms with van der Waals surface area (Å²) in [6.07, 6.45) is -4.83. The lowest BCUT2D eigenvalue weighted by molar-refractivity contribution is -0.303. The van der Waals surface area contributed by atoms with Crippen LogP contribution in [0.2, 0.25) is 0 Å². The van der Waals surface area contributed by atoms with E-state index in [1.807, 2.05) is 0 Å². The standard InChI is InChI=1S/C19H25NO11/c1-8-6-14(25)30-18(8)31-19-15(20-9(2)21)17(28-12(5)24)16(27-11(4)23)13(29-19)7-26-10(3)22/h6,13,15-19H,7H2,1-5H3,(H,20,21)/t13-,15-,16-,17-,18+,19+/m1/s1. The quantitative estimate of drug-likeness (QED) is 0.400. The summed E-state index contributed by atoms with van der Waals surface area (Å²) in [5, 5.41) is 2.55. The average molecular weight is 443 g/mol. The Labute approximate surface area is 178 Å². The third-order valence-electron chi connectivity index (χ3n) is 4.27. The third kappa shape index (κ3) is 6.76. The summed E-state index contributed by atoms with van der Waals surface area (Å²) < 4.78 is 32.2. The minimum atomic E-state index is -1.32. The predicted octanol–water partition coefficient (Wildman–Crippen LogP) is -0.512. The topological polar surface area (TPSA) is 153 Å². The van der Waals surface area contributed by atoms with Crippen LogP contribution >= 0.6 is 0 Å². The summed E-state index contributed by atoms with van der Waals surface area (Å²) in [5.74, 6) is -3.22. The number of rotatable bonds is 7. The molecule has 2 heterocycles. The molecule has 2 aliphatic rings. The first kappa shape index (κ1) is 24.3. The van der Waals surface area contributed by atoms with E-state index in [0.717, 1.165) is 13.8 Å². The summed E-state index contributed by atoms with van der Waals surface area (Å²) in [6, 6.07) is -1.15. The normalized spacial score (nSPS) is 30.0. The number of ether oxygens (including phenoxy) is 6. The van der Waals surface area contributed by atoms with Crippen molar-refractivity contribution in [2.24, 2.45) is 0 Å². The monoisotopic (exact) mass is 443 g/mol. The molecule has 12 nitrogen and oxygen atoms in total. The van der Waals surface area contributed by atoms with E-state index in [9.17, 15) is 24.0 Å². The van der Waals surface area contributed by atoms with E-state index in [1.54, 1.807) is 6.92 Å². The highest BCUT2D eigenvalue weighted by atomic mass is 16.8. The number of carbonyl (C=O) groups excluding carboxylic acids is 5. The number of nitrogens with one attached hydrogen (secondary N) is 1. The van der Waals surface area contributed by atoms with Gasteiger partial charge in [0.05, 0.1) is 0 Å². The molecule has 172 valence electrons. The predicted molar refractivity (Wildman–Crippen MR) is 98.7 cm³/mol. The van der Waals surface area contributed by atoms with E-state index in [1.165, 1.54) is 19.9 Å². The van der Waals surface area contributed by atoms with Gasteiger partial charge in [-0.3, -0.25) is 19.2 Å². The third-order valence-corrected chi connectivity index (χ3v) is 4.27. The summed E-state index contributed by atoms with van der Waals surface area (Å²) >= 11 is 0. The van der Waals surface area contributed by atoms with Crippen LogP contribution in [0, 0.1) is 0 Å². The lowest BCUT2D eigenvalue weighted by Gasteiger charge is -2.45. The van der Waals surface area contributed by atoms with Crippen LogP contribution in [0.5, 0.6) is 0 Å². The van der Waals surface area contributed by atoms with Crippen molar-refractivity contribution in [3.05, 3.63) is 11.6 Å². The summed E-state index contributed by atoms with van der Waals surface area (Å²) in [5.41, 5.74) is 0.442. The molecule has 1 amide bonds. The largest absolute Gasteiger partial charge is 0.463 e. The molecule has 2 rings (SSSR count). The van der Waals surface area contributed by atoms with Crippen molar-refractivity contribution in [1.82, 2.24) is 5.32 Å². The van der Waals surface area contributed by atoms with Crippen LogP contribution in [0.1, 0.15) is 34.6 Å². The van der Waals surface area contributed by atoms with Gasteiger partial charge >= 0.3 is 23.9 Å². The van der Waals surface area contributed by atoms with E-state index in [2.05, 4.69) is 5.32 Å². The Morgan fingerprint density at radius 2 is 1.61 bits per heavy atom. The second-order valence-electron chi connectivity index (χ2n) is 7.01. The van der Waals surface area contributed by atoms with Crippen LogP contribution < -0.4 is 5.32 Å². The maximum atomic E-state index is 11.8. The zero-order valence-electron chi connectivity index (χ0n) is 17.7. The lowest BCUT2D eigenvalue weighted by atomic mass is 9.96. The van der Waals surface area contributed by atoms with Crippen molar-refractivity contribution in [3.63, 3.8) is 0 Å². The molecule has 1 fully saturated rings. The first-order chi connectivity index (χ1) is 14.5. The van der Waals surface area contributed by atoms with E-state index >= 15 is 0 Å². The number of esters is 4. The Hall–Kier alpha value is -2.99. The fourth-order valence-electron chi connectivity index (χ4n) is 3.15. The van der Waals surface area contributed by atoms with E-state index in [4.69, 9.17) is 28.4 Å². The van der Waals surface area contributed by atoms with Gasteiger partial charge in [0.15, 0.2) is 18.5 Å². The van der Waals surface area contributed by atoms with Gasteiger partial charge in [-0.05, 0) is 6.92 Å². The molecule has 0 saturated carbocycles. The van der Waals surface area contributed by atoms with Gasteiger partial charge < -0.3 is 33.7 Å². The fraction of sp³-hybridized carbons (Fsp3) is 0.632. The van der Waals surface area contributed by atoms with E-state index in [0.29, 0.717) is 5.57 Å². The van der Waals surface area contributed by atoms with Crippen LogP contribution in [0.15, 0.2) is 11.6 Å². The molecule has 1 N–H and O–H groups in total. The van der Waals surface area contributed by atoms with Crippen molar-refractivity contribution in [2.45, 2.75) is 71.6 Å². The number of amides is 1. The Morgan fingerprint density at radius 3 is 2.10 bits per heavy atom. The van der Waals surface area contributed by atoms with Crippen LogP contribution in [0.3, 0.4) is 0 Å². The fourth-order valence-corrected chi connectivity index (χ4v) is 3.15. The van der Waals surface area contributed by atoms with Crippen LogP contribution in [0.25, 0.3) is 0 Å². The highest BCUT2D eigenvalue weighted by Crippen LogP contribution is 2.30.